The van der Waals surface area contributed by atoms with Gasteiger partial charge in [-0.05, 0) is 43.2 Å². The highest BCUT2D eigenvalue weighted by Crippen LogP contribution is 2.36. The minimum absolute atomic E-state index is 0.0849. The summed E-state index contributed by atoms with van der Waals surface area (Å²) >= 11 is 5.98. The summed E-state index contributed by atoms with van der Waals surface area (Å²) in [7, 11) is 1.63. The zero-order valence-corrected chi connectivity index (χ0v) is 16.4. The lowest BCUT2D eigenvalue weighted by Gasteiger charge is -2.07. The summed E-state index contributed by atoms with van der Waals surface area (Å²) < 4.78 is 8.71. The quantitative estimate of drug-likeness (QED) is 0.650. The number of methoxy groups -OCH3 is 1. The average Bonchev–Trinajstić information content (AvgIpc) is 3.47. The molecule has 152 valence electrons. The zero-order chi connectivity index (χ0) is 21.0. The maximum atomic E-state index is 12.9. The lowest BCUT2D eigenvalue weighted by molar-refractivity contribution is 0.137. The van der Waals surface area contributed by atoms with Crippen LogP contribution in [0.3, 0.4) is 0 Å². The van der Waals surface area contributed by atoms with Crippen molar-refractivity contribution in [3.63, 3.8) is 0 Å². The van der Waals surface area contributed by atoms with Crippen molar-refractivity contribution in [1.82, 2.24) is 14.3 Å². The van der Waals surface area contributed by atoms with Gasteiger partial charge in [-0.3, -0.25) is 4.57 Å². The number of nitrogens with zero attached hydrogens (tertiary/aromatic N) is 3. The van der Waals surface area contributed by atoms with Crippen molar-refractivity contribution in [2.75, 3.05) is 7.11 Å². The Kier molecular flexibility index (Phi) is 6.23. The molecule has 1 aliphatic rings. The zero-order valence-electron chi connectivity index (χ0n) is 15.7. The summed E-state index contributed by atoms with van der Waals surface area (Å²) in [4.78, 5) is 21.5. The van der Waals surface area contributed by atoms with Gasteiger partial charge in [0.2, 0.25) is 0 Å². The summed E-state index contributed by atoms with van der Waals surface area (Å²) in [6, 6.07) is 15.3. The van der Waals surface area contributed by atoms with E-state index in [4.69, 9.17) is 31.3 Å². The van der Waals surface area contributed by atoms with E-state index in [9.17, 15) is 4.79 Å². The maximum Gasteiger partial charge on any atom is 0.503 e. The molecule has 1 aromatic heterocycles. The van der Waals surface area contributed by atoms with Crippen molar-refractivity contribution in [2.24, 2.45) is 0 Å². The Bertz CT molecular complexity index is 1050. The Hall–Kier alpha value is -3.26. The van der Waals surface area contributed by atoms with Crippen molar-refractivity contribution in [2.45, 2.75) is 25.4 Å². The van der Waals surface area contributed by atoms with Crippen molar-refractivity contribution in [1.29, 1.82) is 0 Å². The number of carboxylic acid groups (broad SMARTS) is 2. The molecule has 0 radical (unpaired) electrons. The fourth-order valence-electron chi connectivity index (χ4n) is 2.98. The Morgan fingerprint density at radius 2 is 1.79 bits per heavy atom. The molecule has 1 heterocycles. The molecular weight excluding hydrogens is 398 g/mol. The lowest BCUT2D eigenvalue weighted by Crippen LogP contribution is -2.25. The Morgan fingerprint density at radius 1 is 1.17 bits per heavy atom. The van der Waals surface area contributed by atoms with Gasteiger partial charge in [-0.25, -0.2) is 14.3 Å². The number of aromatic nitrogens is 3. The average molecular weight is 418 g/mol. The van der Waals surface area contributed by atoms with Crippen LogP contribution in [0.25, 0.3) is 11.4 Å². The first-order chi connectivity index (χ1) is 13.9. The van der Waals surface area contributed by atoms with Gasteiger partial charge in [-0.15, -0.1) is 5.10 Å². The van der Waals surface area contributed by atoms with Crippen molar-refractivity contribution in [3.05, 3.63) is 69.6 Å². The Balaban J connectivity index is 0.000000552. The number of hydrogen-bond donors (Lipinski definition) is 2. The minimum atomic E-state index is -1.83. The Morgan fingerprint density at radius 3 is 2.38 bits per heavy atom. The lowest BCUT2D eigenvalue weighted by atomic mass is 10.2. The van der Waals surface area contributed by atoms with E-state index in [2.05, 4.69) is 5.10 Å². The number of halogens is 1. The van der Waals surface area contributed by atoms with Crippen LogP contribution >= 0.6 is 11.6 Å². The van der Waals surface area contributed by atoms with E-state index in [0.717, 1.165) is 29.7 Å². The van der Waals surface area contributed by atoms with Gasteiger partial charge in [0.15, 0.2) is 5.82 Å². The van der Waals surface area contributed by atoms with Crippen LogP contribution in [0.15, 0.2) is 53.3 Å². The predicted octanol–water partition coefficient (Wildman–Crippen LogP) is 3.98. The van der Waals surface area contributed by atoms with Crippen LogP contribution in [0.4, 0.5) is 4.79 Å². The number of benzene rings is 2. The molecule has 1 fully saturated rings. The third-order valence-electron chi connectivity index (χ3n) is 4.40. The van der Waals surface area contributed by atoms with Gasteiger partial charge < -0.3 is 14.9 Å². The first-order valence-electron chi connectivity index (χ1n) is 8.89. The monoisotopic (exact) mass is 417 g/mol. The van der Waals surface area contributed by atoms with E-state index in [0.29, 0.717) is 17.4 Å². The molecule has 2 N–H and O–H groups in total. The summed E-state index contributed by atoms with van der Waals surface area (Å²) in [5.41, 5.74) is 1.74. The molecule has 4 rings (SSSR count). The molecule has 1 aliphatic carbocycles. The van der Waals surface area contributed by atoms with Crippen LogP contribution in [0, 0.1) is 0 Å². The van der Waals surface area contributed by atoms with E-state index in [-0.39, 0.29) is 11.7 Å². The van der Waals surface area contributed by atoms with Crippen LogP contribution in [0.2, 0.25) is 5.02 Å². The standard InChI is InChI=1S/C19H18ClN3O2.CH2O3/c1-25-17-5-3-2-4-14(17)12-22-19(24)23(16-10-11-16)18(21-22)13-6-8-15(20)9-7-13;2-1(3)4/h2-9,16H,10-12H2,1H3;(H2,2,3,4). The van der Waals surface area contributed by atoms with Crippen LogP contribution < -0.4 is 10.4 Å². The van der Waals surface area contributed by atoms with Gasteiger partial charge in [0.25, 0.3) is 0 Å². The number of ether oxygens (including phenoxy) is 1. The summed E-state index contributed by atoms with van der Waals surface area (Å²) in [5, 5.41) is 19.2. The third kappa shape index (κ3) is 4.97. The SMILES string of the molecule is COc1ccccc1Cn1nc(-c2ccc(Cl)cc2)n(C2CC2)c1=O.O=C(O)O. The van der Waals surface area contributed by atoms with E-state index in [1.54, 1.807) is 11.7 Å². The molecule has 0 atom stereocenters. The van der Waals surface area contributed by atoms with Crippen LogP contribution in [-0.4, -0.2) is 37.8 Å². The second kappa shape index (κ2) is 8.83. The van der Waals surface area contributed by atoms with Gasteiger partial charge >= 0.3 is 11.8 Å². The van der Waals surface area contributed by atoms with E-state index in [1.807, 2.05) is 48.5 Å². The molecule has 0 unspecified atom stereocenters. The maximum absolute atomic E-state index is 12.9. The molecular formula is C20H20ClN3O5. The van der Waals surface area contributed by atoms with Crippen LogP contribution in [-0.2, 0) is 6.54 Å². The molecule has 0 saturated heterocycles. The van der Waals surface area contributed by atoms with E-state index >= 15 is 0 Å². The smallest absolute Gasteiger partial charge is 0.496 e. The van der Waals surface area contributed by atoms with Gasteiger partial charge in [0.1, 0.15) is 5.75 Å². The molecule has 0 aliphatic heterocycles. The summed E-state index contributed by atoms with van der Waals surface area (Å²) in [6.07, 6.45) is 0.196. The van der Waals surface area contributed by atoms with Gasteiger partial charge in [-0.2, -0.15) is 0 Å². The van der Waals surface area contributed by atoms with Crippen molar-refractivity contribution < 1.29 is 19.7 Å². The molecule has 29 heavy (non-hydrogen) atoms. The summed E-state index contributed by atoms with van der Waals surface area (Å²) in [5.74, 6) is 1.45. The number of para-hydroxylation sites is 1. The van der Waals surface area contributed by atoms with Crippen molar-refractivity contribution >= 4 is 17.8 Å². The fourth-order valence-corrected chi connectivity index (χ4v) is 3.10. The third-order valence-corrected chi connectivity index (χ3v) is 4.65. The van der Waals surface area contributed by atoms with Crippen LogP contribution in [0.5, 0.6) is 5.75 Å². The molecule has 0 amide bonds. The first kappa shape index (κ1) is 20.5. The van der Waals surface area contributed by atoms with Gasteiger partial charge in [-0.1, -0.05) is 29.8 Å². The molecule has 3 aromatic rings. The molecule has 8 nitrogen and oxygen atoms in total. The molecule has 9 heteroatoms. The minimum Gasteiger partial charge on any atom is -0.496 e. The number of rotatable bonds is 5. The second-order valence-corrected chi connectivity index (χ2v) is 6.90. The topological polar surface area (TPSA) is 107 Å². The van der Waals surface area contributed by atoms with E-state index in [1.165, 1.54) is 4.68 Å². The molecule has 0 bridgehead atoms. The number of carbonyl (C=O) groups is 1. The van der Waals surface area contributed by atoms with E-state index < -0.39 is 6.16 Å². The van der Waals surface area contributed by atoms with Gasteiger partial charge in [0.05, 0.1) is 13.7 Å². The second-order valence-electron chi connectivity index (χ2n) is 6.47. The Labute approximate surface area is 171 Å². The first-order valence-corrected chi connectivity index (χ1v) is 9.27. The largest absolute Gasteiger partial charge is 0.503 e. The normalized spacial score (nSPS) is 12.8. The van der Waals surface area contributed by atoms with Crippen molar-refractivity contribution in [3.8, 4) is 17.1 Å². The number of hydrogen-bond acceptors (Lipinski definition) is 4. The van der Waals surface area contributed by atoms with Gasteiger partial charge in [0, 0.05) is 22.2 Å². The fraction of sp³-hybridized carbons (Fsp3) is 0.250. The molecule has 1 saturated carbocycles. The highest BCUT2D eigenvalue weighted by Gasteiger charge is 2.30. The molecule has 0 spiro atoms. The van der Waals surface area contributed by atoms with Crippen LogP contribution in [0.1, 0.15) is 24.4 Å². The highest BCUT2D eigenvalue weighted by atomic mass is 35.5. The predicted molar refractivity (Wildman–Crippen MR) is 108 cm³/mol. The summed E-state index contributed by atoms with van der Waals surface area (Å²) in [6.45, 7) is 0.378. The highest BCUT2D eigenvalue weighted by molar-refractivity contribution is 6.30. The molecule has 2 aromatic carbocycles.